The van der Waals surface area contributed by atoms with Gasteiger partial charge in [0.05, 0.1) is 12.7 Å². The zero-order valence-electron chi connectivity index (χ0n) is 16.4. The molecule has 0 unspecified atom stereocenters. The van der Waals surface area contributed by atoms with Crippen LogP contribution < -0.4 is 15.5 Å². The normalized spacial score (nSPS) is 10.3. The minimum Gasteiger partial charge on any atom is -0.465 e. The summed E-state index contributed by atoms with van der Waals surface area (Å²) < 4.78 is 4.76. The Morgan fingerprint density at radius 2 is 1.71 bits per heavy atom. The molecule has 0 aliphatic carbocycles. The van der Waals surface area contributed by atoms with E-state index in [-0.39, 0.29) is 5.97 Å². The lowest BCUT2D eigenvalue weighted by Crippen LogP contribution is -2.08. The maximum atomic E-state index is 11.7. The highest BCUT2D eigenvalue weighted by molar-refractivity contribution is 5.90. The molecule has 28 heavy (non-hydrogen) atoms. The molecular formula is C21H23N5O2. The van der Waals surface area contributed by atoms with Gasteiger partial charge < -0.3 is 20.3 Å². The van der Waals surface area contributed by atoms with Gasteiger partial charge in [-0.15, -0.1) is 0 Å². The molecule has 0 aliphatic heterocycles. The highest BCUT2D eigenvalue weighted by Gasteiger charge is 2.08. The fourth-order valence-corrected chi connectivity index (χ4v) is 2.65. The number of carbonyl (C=O) groups is 1. The molecule has 0 amide bonds. The van der Waals surface area contributed by atoms with E-state index < -0.39 is 0 Å². The summed E-state index contributed by atoms with van der Waals surface area (Å²) in [7, 11) is 5.36. The maximum absolute atomic E-state index is 11.7. The van der Waals surface area contributed by atoms with Crippen LogP contribution in [0.4, 0.5) is 28.8 Å². The van der Waals surface area contributed by atoms with Gasteiger partial charge in [0, 0.05) is 42.9 Å². The summed E-state index contributed by atoms with van der Waals surface area (Å²) in [4.78, 5) is 22.7. The van der Waals surface area contributed by atoms with Crippen molar-refractivity contribution in [1.82, 2.24) is 9.97 Å². The smallest absolute Gasteiger partial charge is 0.337 e. The van der Waals surface area contributed by atoms with Gasteiger partial charge in [-0.3, -0.25) is 0 Å². The lowest BCUT2D eigenvalue weighted by atomic mass is 10.2. The summed E-state index contributed by atoms with van der Waals surface area (Å²) in [5.74, 6) is 0.734. The summed E-state index contributed by atoms with van der Waals surface area (Å²) >= 11 is 0. The van der Waals surface area contributed by atoms with E-state index in [4.69, 9.17) is 4.74 Å². The zero-order chi connectivity index (χ0) is 20.1. The second-order valence-corrected chi connectivity index (χ2v) is 6.48. The Balaban J connectivity index is 1.79. The van der Waals surface area contributed by atoms with Crippen molar-refractivity contribution < 1.29 is 9.53 Å². The van der Waals surface area contributed by atoms with Gasteiger partial charge in [0.2, 0.25) is 5.95 Å². The number of anilines is 5. The molecule has 2 N–H and O–H groups in total. The largest absolute Gasteiger partial charge is 0.465 e. The van der Waals surface area contributed by atoms with Gasteiger partial charge in [-0.25, -0.2) is 9.78 Å². The van der Waals surface area contributed by atoms with Crippen LogP contribution in [0.5, 0.6) is 0 Å². The number of ether oxygens (including phenoxy) is 1. The number of nitrogens with one attached hydrogen (secondary N) is 2. The number of nitrogens with zero attached hydrogens (tertiary/aromatic N) is 3. The molecule has 1 aromatic heterocycles. The molecule has 7 heteroatoms. The van der Waals surface area contributed by atoms with Crippen molar-refractivity contribution in [3.05, 3.63) is 65.9 Å². The zero-order valence-corrected chi connectivity index (χ0v) is 16.4. The number of methoxy groups -OCH3 is 1. The number of aromatic nitrogens is 2. The minimum absolute atomic E-state index is 0.383. The molecule has 0 saturated carbocycles. The van der Waals surface area contributed by atoms with E-state index in [1.54, 1.807) is 18.2 Å². The van der Waals surface area contributed by atoms with E-state index in [0.29, 0.717) is 17.3 Å². The van der Waals surface area contributed by atoms with Crippen molar-refractivity contribution >= 4 is 34.8 Å². The predicted octanol–water partition coefficient (Wildman–Crippen LogP) is 4.12. The molecule has 0 saturated heterocycles. The predicted molar refractivity (Wildman–Crippen MR) is 112 cm³/mol. The Kier molecular flexibility index (Phi) is 5.74. The van der Waals surface area contributed by atoms with Crippen LogP contribution in [0.2, 0.25) is 0 Å². The van der Waals surface area contributed by atoms with Crippen molar-refractivity contribution in [3.63, 3.8) is 0 Å². The molecule has 0 spiro atoms. The third kappa shape index (κ3) is 4.76. The summed E-state index contributed by atoms with van der Waals surface area (Å²) in [6, 6.07) is 16.9. The molecule has 0 aliphatic rings. The van der Waals surface area contributed by atoms with Gasteiger partial charge >= 0.3 is 5.97 Å². The second-order valence-electron chi connectivity index (χ2n) is 6.48. The first-order valence-corrected chi connectivity index (χ1v) is 8.80. The first-order chi connectivity index (χ1) is 13.4. The molecule has 1 heterocycles. The summed E-state index contributed by atoms with van der Waals surface area (Å²) in [5.41, 5.74) is 4.03. The van der Waals surface area contributed by atoms with Crippen LogP contribution >= 0.6 is 0 Å². The summed E-state index contributed by atoms with van der Waals surface area (Å²) in [6.45, 7) is 1.90. The van der Waals surface area contributed by atoms with Crippen LogP contribution in [-0.4, -0.2) is 37.1 Å². The van der Waals surface area contributed by atoms with Crippen LogP contribution in [-0.2, 0) is 4.74 Å². The van der Waals surface area contributed by atoms with Crippen LogP contribution in [0.15, 0.2) is 54.6 Å². The Bertz CT molecular complexity index is 971. The number of hydrogen-bond donors (Lipinski definition) is 2. The molecule has 3 aromatic rings. The highest BCUT2D eigenvalue weighted by atomic mass is 16.5. The van der Waals surface area contributed by atoms with E-state index in [1.165, 1.54) is 7.11 Å². The Labute approximate surface area is 164 Å². The number of aryl methyl sites for hydroxylation is 1. The lowest BCUT2D eigenvalue weighted by molar-refractivity contribution is 0.0601. The monoisotopic (exact) mass is 377 g/mol. The topological polar surface area (TPSA) is 79.4 Å². The maximum Gasteiger partial charge on any atom is 0.337 e. The number of rotatable bonds is 6. The van der Waals surface area contributed by atoms with Gasteiger partial charge in [0.15, 0.2) is 0 Å². The average Bonchev–Trinajstić information content (AvgIpc) is 2.67. The van der Waals surface area contributed by atoms with E-state index >= 15 is 0 Å². The molecule has 2 aromatic carbocycles. The quantitative estimate of drug-likeness (QED) is 0.625. The second kappa shape index (κ2) is 8.39. The SMILES string of the molecule is COC(=O)c1cccc(Nc2cc(C)nc(Nc3ccc(N(C)C)cc3)n2)c1. The van der Waals surface area contributed by atoms with Crippen molar-refractivity contribution in [2.75, 3.05) is 36.7 Å². The van der Waals surface area contributed by atoms with Gasteiger partial charge in [-0.2, -0.15) is 4.98 Å². The number of esters is 1. The van der Waals surface area contributed by atoms with Crippen molar-refractivity contribution in [3.8, 4) is 0 Å². The minimum atomic E-state index is -0.383. The van der Waals surface area contributed by atoms with Gasteiger partial charge in [0.1, 0.15) is 5.82 Å². The van der Waals surface area contributed by atoms with E-state index in [2.05, 4.69) is 20.6 Å². The third-order valence-corrected chi connectivity index (χ3v) is 4.05. The molecule has 0 radical (unpaired) electrons. The third-order valence-electron chi connectivity index (χ3n) is 4.05. The van der Waals surface area contributed by atoms with Crippen LogP contribution in [0.3, 0.4) is 0 Å². The molecule has 0 fully saturated rings. The number of hydrogen-bond acceptors (Lipinski definition) is 7. The lowest BCUT2D eigenvalue weighted by Gasteiger charge is -2.13. The number of benzene rings is 2. The Hall–Kier alpha value is -3.61. The molecule has 144 valence electrons. The molecule has 3 rings (SSSR count). The first-order valence-electron chi connectivity index (χ1n) is 8.80. The van der Waals surface area contributed by atoms with Crippen molar-refractivity contribution in [2.45, 2.75) is 6.92 Å². The van der Waals surface area contributed by atoms with E-state index in [1.807, 2.05) is 62.3 Å². The summed E-state index contributed by atoms with van der Waals surface area (Å²) in [5, 5.41) is 6.43. The van der Waals surface area contributed by atoms with Gasteiger partial charge in [-0.05, 0) is 49.4 Å². The first kappa shape index (κ1) is 19.2. The van der Waals surface area contributed by atoms with E-state index in [9.17, 15) is 4.79 Å². The van der Waals surface area contributed by atoms with Crippen LogP contribution in [0, 0.1) is 6.92 Å². The van der Waals surface area contributed by atoms with Gasteiger partial charge in [0.25, 0.3) is 0 Å². The van der Waals surface area contributed by atoms with Gasteiger partial charge in [-0.1, -0.05) is 6.07 Å². The summed E-state index contributed by atoms with van der Waals surface area (Å²) in [6.07, 6.45) is 0. The fourth-order valence-electron chi connectivity index (χ4n) is 2.65. The average molecular weight is 377 g/mol. The molecular weight excluding hydrogens is 354 g/mol. The molecule has 0 atom stereocenters. The Morgan fingerprint density at radius 1 is 0.964 bits per heavy atom. The van der Waals surface area contributed by atoms with Crippen LogP contribution in [0.1, 0.15) is 16.1 Å². The van der Waals surface area contributed by atoms with Crippen molar-refractivity contribution in [2.24, 2.45) is 0 Å². The fraction of sp³-hybridized carbons (Fsp3) is 0.190. The molecule has 7 nitrogen and oxygen atoms in total. The standard InChI is InChI=1S/C21H23N5O2/c1-14-12-19(23-17-7-5-6-15(13-17)20(27)28-4)25-21(22-14)24-16-8-10-18(11-9-16)26(2)3/h5-13H,1-4H3,(H2,22,23,24,25). The number of carbonyl (C=O) groups excluding carboxylic acids is 1. The molecule has 0 bridgehead atoms. The Morgan fingerprint density at radius 3 is 2.39 bits per heavy atom. The van der Waals surface area contributed by atoms with Crippen LogP contribution in [0.25, 0.3) is 0 Å². The highest BCUT2D eigenvalue weighted by Crippen LogP contribution is 2.21. The van der Waals surface area contributed by atoms with E-state index in [0.717, 1.165) is 22.8 Å². The van der Waals surface area contributed by atoms with Crippen molar-refractivity contribution in [1.29, 1.82) is 0 Å².